The third kappa shape index (κ3) is 3.62. The number of nitrogens with zero attached hydrogens (tertiary/aromatic N) is 1. The Morgan fingerprint density at radius 1 is 1.33 bits per heavy atom. The predicted octanol–water partition coefficient (Wildman–Crippen LogP) is 2.20. The van der Waals surface area contributed by atoms with Gasteiger partial charge in [-0.3, -0.25) is 4.79 Å². The molecule has 0 bridgehead atoms. The van der Waals surface area contributed by atoms with Crippen molar-refractivity contribution in [2.45, 2.75) is 32.9 Å². The lowest BCUT2D eigenvalue weighted by Gasteiger charge is -2.24. The van der Waals surface area contributed by atoms with Gasteiger partial charge in [0.1, 0.15) is 11.3 Å². The molecule has 21 heavy (non-hydrogen) atoms. The van der Waals surface area contributed by atoms with Crippen LogP contribution in [0.2, 0.25) is 0 Å². The molecule has 1 amide bonds. The molecule has 1 aromatic carbocycles. The van der Waals surface area contributed by atoms with E-state index in [4.69, 9.17) is 10.3 Å². The summed E-state index contributed by atoms with van der Waals surface area (Å²) in [6.45, 7) is 5.72. The molecule has 1 aromatic heterocycles. The smallest absolute Gasteiger partial charge is 0.244 e. The Morgan fingerprint density at radius 2 is 1.95 bits per heavy atom. The number of aryl methyl sites for hydroxylation is 2. The monoisotopic (exact) mass is 309 g/mol. The summed E-state index contributed by atoms with van der Waals surface area (Å²) >= 11 is 0. The first-order valence-electron chi connectivity index (χ1n) is 6.47. The van der Waals surface area contributed by atoms with E-state index >= 15 is 0 Å². The van der Waals surface area contributed by atoms with Crippen molar-refractivity contribution in [3.63, 3.8) is 0 Å². The van der Waals surface area contributed by atoms with Crippen LogP contribution in [-0.4, -0.2) is 11.1 Å². The highest BCUT2D eigenvalue weighted by Crippen LogP contribution is 2.18. The maximum Gasteiger partial charge on any atom is 0.244 e. The molecule has 0 saturated heterocycles. The number of nitrogens with two attached hydrogens (primary N) is 1. The summed E-state index contributed by atoms with van der Waals surface area (Å²) in [4.78, 5) is 12.3. The van der Waals surface area contributed by atoms with E-state index in [1.807, 2.05) is 44.2 Å². The van der Waals surface area contributed by atoms with Crippen LogP contribution in [0.15, 0.2) is 34.9 Å². The third-order valence-corrected chi connectivity index (χ3v) is 3.45. The van der Waals surface area contributed by atoms with Gasteiger partial charge in [0, 0.05) is 12.1 Å². The normalized spacial score (nSPS) is 13.1. The van der Waals surface area contributed by atoms with Gasteiger partial charge in [0.05, 0.1) is 5.69 Å². The minimum absolute atomic E-state index is 0. The zero-order valence-electron chi connectivity index (χ0n) is 12.3. The molecule has 0 aliphatic carbocycles. The van der Waals surface area contributed by atoms with Gasteiger partial charge in [-0.15, -0.1) is 12.4 Å². The molecule has 114 valence electrons. The van der Waals surface area contributed by atoms with Gasteiger partial charge in [-0.1, -0.05) is 35.5 Å². The molecule has 0 saturated carbocycles. The number of hydrogen-bond donors (Lipinski definition) is 2. The van der Waals surface area contributed by atoms with E-state index < -0.39 is 5.54 Å². The Kier molecular flexibility index (Phi) is 5.52. The second-order valence-electron chi connectivity index (χ2n) is 5.05. The van der Waals surface area contributed by atoms with Crippen molar-refractivity contribution in [3.05, 3.63) is 52.9 Å². The van der Waals surface area contributed by atoms with Gasteiger partial charge >= 0.3 is 0 Å². The lowest BCUT2D eigenvalue weighted by Crippen LogP contribution is -2.48. The molecule has 0 radical (unpaired) electrons. The van der Waals surface area contributed by atoms with Crippen LogP contribution in [0.25, 0.3) is 0 Å². The van der Waals surface area contributed by atoms with Crippen LogP contribution in [0.4, 0.5) is 0 Å². The molecule has 1 heterocycles. The number of benzene rings is 1. The van der Waals surface area contributed by atoms with Crippen LogP contribution in [0.1, 0.15) is 29.5 Å². The first-order chi connectivity index (χ1) is 9.43. The maximum atomic E-state index is 12.3. The van der Waals surface area contributed by atoms with Gasteiger partial charge < -0.3 is 15.6 Å². The van der Waals surface area contributed by atoms with Crippen LogP contribution in [0, 0.1) is 13.8 Å². The molecule has 2 rings (SSSR count). The van der Waals surface area contributed by atoms with Crippen molar-refractivity contribution >= 4 is 18.3 Å². The minimum Gasteiger partial charge on any atom is -0.361 e. The van der Waals surface area contributed by atoms with E-state index in [-0.39, 0.29) is 18.3 Å². The Labute approximate surface area is 130 Å². The summed E-state index contributed by atoms with van der Waals surface area (Å²) in [6, 6.07) is 9.30. The molecular weight excluding hydrogens is 290 g/mol. The highest BCUT2D eigenvalue weighted by molar-refractivity contribution is 5.87. The second kappa shape index (κ2) is 6.74. The first kappa shape index (κ1) is 17.2. The van der Waals surface area contributed by atoms with Crippen molar-refractivity contribution < 1.29 is 9.32 Å². The number of hydrogen-bond acceptors (Lipinski definition) is 4. The van der Waals surface area contributed by atoms with Gasteiger partial charge in [0.2, 0.25) is 5.91 Å². The standard InChI is InChI=1S/C15H19N3O2.ClH/c1-10-13(11(2)20-18-10)9-17-14(19)15(3,16)12-7-5-4-6-8-12;/h4-8H,9,16H2,1-3H3,(H,17,19);1H. The zero-order valence-corrected chi connectivity index (χ0v) is 13.2. The molecule has 1 atom stereocenters. The molecule has 0 spiro atoms. The number of halogens is 1. The van der Waals surface area contributed by atoms with Gasteiger partial charge in [0.15, 0.2) is 0 Å². The van der Waals surface area contributed by atoms with E-state index in [2.05, 4.69) is 10.5 Å². The first-order valence-corrected chi connectivity index (χ1v) is 6.47. The average molecular weight is 310 g/mol. The molecule has 0 aliphatic rings. The lowest BCUT2D eigenvalue weighted by molar-refractivity contribution is -0.126. The number of nitrogens with one attached hydrogen (secondary N) is 1. The highest BCUT2D eigenvalue weighted by atomic mass is 35.5. The van der Waals surface area contributed by atoms with Gasteiger partial charge in [-0.05, 0) is 26.3 Å². The third-order valence-electron chi connectivity index (χ3n) is 3.45. The van der Waals surface area contributed by atoms with E-state index in [1.54, 1.807) is 6.92 Å². The van der Waals surface area contributed by atoms with Crippen molar-refractivity contribution in [3.8, 4) is 0 Å². The van der Waals surface area contributed by atoms with E-state index in [0.717, 1.165) is 16.8 Å². The molecule has 0 aliphatic heterocycles. The Hall–Kier alpha value is -1.85. The van der Waals surface area contributed by atoms with Gasteiger partial charge in [-0.2, -0.15) is 0 Å². The highest BCUT2D eigenvalue weighted by Gasteiger charge is 2.30. The lowest BCUT2D eigenvalue weighted by atomic mass is 9.92. The molecule has 2 aromatic rings. The zero-order chi connectivity index (χ0) is 14.8. The molecule has 0 fully saturated rings. The Bertz CT molecular complexity index is 589. The van der Waals surface area contributed by atoms with Crippen molar-refractivity contribution in [1.29, 1.82) is 0 Å². The fourth-order valence-electron chi connectivity index (χ4n) is 2.02. The quantitative estimate of drug-likeness (QED) is 0.907. The molecule has 3 N–H and O–H groups in total. The van der Waals surface area contributed by atoms with Gasteiger partial charge in [-0.25, -0.2) is 0 Å². The summed E-state index contributed by atoms with van der Waals surface area (Å²) in [5.74, 6) is 0.477. The number of carbonyl (C=O) groups excluding carboxylic acids is 1. The largest absolute Gasteiger partial charge is 0.361 e. The fourth-order valence-corrected chi connectivity index (χ4v) is 2.02. The number of carbonyl (C=O) groups is 1. The molecular formula is C15H20ClN3O2. The molecule has 5 nitrogen and oxygen atoms in total. The van der Waals surface area contributed by atoms with Crippen LogP contribution in [0.3, 0.4) is 0 Å². The summed E-state index contributed by atoms with van der Waals surface area (Å²) in [5, 5.41) is 6.70. The number of amides is 1. The predicted molar refractivity (Wildman–Crippen MR) is 83.1 cm³/mol. The topological polar surface area (TPSA) is 81.2 Å². The van der Waals surface area contributed by atoms with Crippen molar-refractivity contribution in [2.75, 3.05) is 0 Å². The van der Waals surface area contributed by atoms with E-state index in [0.29, 0.717) is 12.3 Å². The van der Waals surface area contributed by atoms with Crippen molar-refractivity contribution in [2.24, 2.45) is 5.73 Å². The number of rotatable bonds is 4. The number of aromatic nitrogens is 1. The van der Waals surface area contributed by atoms with Crippen LogP contribution in [-0.2, 0) is 16.9 Å². The average Bonchev–Trinajstić information content (AvgIpc) is 2.76. The SMILES string of the molecule is Cc1noc(C)c1CNC(=O)C(C)(N)c1ccccc1.Cl. The minimum atomic E-state index is -1.07. The summed E-state index contributed by atoms with van der Waals surface area (Å²) in [5.41, 5.74) is 7.52. The van der Waals surface area contributed by atoms with Crippen molar-refractivity contribution in [1.82, 2.24) is 10.5 Å². The van der Waals surface area contributed by atoms with Gasteiger partial charge in [0.25, 0.3) is 0 Å². The van der Waals surface area contributed by atoms with Crippen LogP contribution >= 0.6 is 12.4 Å². The molecule has 1 unspecified atom stereocenters. The summed E-state index contributed by atoms with van der Waals surface area (Å²) in [6.07, 6.45) is 0. The van der Waals surface area contributed by atoms with Crippen LogP contribution in [0.5, 0.6) is 0 Å². The Balaban J connectivity index is 0.00000220. The fraction of sp³-hybridized carbons (Fsp3) is 0.333. The maximum absolute atomic E-state index is 12.3. The second-order valence-corrected chi connectivity index (χ2v) is 5.05. The summed E-state index contributed by atoms with van der Waals surface area (Å²) in [7, 11) is 0. The van der Waals surface area contributed by atoms with E-state index in [1.165, 1.54) is 0 Å². The van der Waals surface area contributed by atoms with Crippen LogP contribution < -0.4 is 11.1 Å². The Morgan fingerprint density at radius 3 is 2.48 bits per heavy atom. The molecule has 6 heteroatoms. The van der Waals surface area contributed by atoms with E-state index in [9.17, 15) is 4.79 Å². The summed E-state index contributed by atoms with van der Waals surface area (Å²) < 4.78 is 5.07.